The van der Waals surface area contributed by atoms with Gasteiger partial charge in [-0.25, -0.2) is 9.37 Å². The number of hydrogen-bond acceptors (Lipinski definition) is 5. The Kier molecular flexibility index (Phi) is 4.78. The van der Waals surface area contributed by atoms with Gasteiger partial charge < -0.3 is 10.1 Å². The second kappa shape index (κ2) is 6.76. The fraction of sp³-hybridized carbons (Fsp3) is 0.214. The van der Waals surface area contributed by atoms with Crippen molar-refractivity contribution in [1.82, 2.24) is 10.3 Å². The van der Waals surface area contributed by atoms with Crippen LogP contribution in [0.2, 0.25) is 0 Å². The number of rotatable bonds is 6. The number of ether oxygens (including phenoxy) is 1. The largest absolute Gasteiger partial charge is 0.481 e. The average molecular weight is 291 g/mol. The van der Waals surface area contributed by atoms with Crippen molar-refractivity contribution in [1.29, 1.82) is 0 Å². The van der Waals surface area contributed by atoms with Crippen LogP contribution in [-0.2, 0) is 13.1 Å². The molecule has 6 nitrogen and oxygen atoms in total. The van der Waals surface area contributed by atoms with Crippen molar-refractivity contribution >= 4 is 5.69 Å². The standard InChI is InChI=1S/C14H14FN3O3/c1-21-14-5-2-10(8-17-14)7-16-9-11-6-12(15)3-4-13(11)18(19)20/h2-6,8,16H,7,9H2,1H3. The Morgan fingerprint density at radius 2 is 2.14 bits per heavy atom. The quantitative estimate of drug-likeness (QED) is 0.653. The number of hydrogen-bond donors (Lipinski definition) is 1. The number of pyridine rings is 1. The first-order valence-corrected chi connectivity index (χ1v) is 6.22. The summed E-state index contributed by atoms with van der Waals surface area (Å²) >= 11 is 0. The normalized spacial score (nSPS) is 10.4. The van der Waals surface area contributed by atoms with E-state index in [2.05, 4.69) is 10.3 Å². The van der Waals surface area contributed by atoms with Crippen LogP contribution in [0.25, 0.3) is 0 Å². The number of benzene rings is 1. The molecule has 0 aliphatic carbocycles. The van der Waals surface area contributed by atoms with Crippen molar-refractivity contribution in [2.45, 2.75) is 13.1 Å². The van der Waals surface area contributed by atoms with Gasteiger partial charge in [-0.15, -0.1) is 0 Å². The Hall–Kier alpha value is -2.54. The Morgan fingerprint density at radius 3 is 2.76 bits per heavy atom. The maximum absolute atomic E-state index is 13.2. The number of halogens is 1. The van der Waals surface area contributed by atoms with Crippen LogP contribution < -0.4 is 10.1 Å². The van der Waals surface area contributed by atoms with Crippen LogP contribution in [0.4, 0.5) is 10.1 Å². The SMILES string of the molecule is COc1ccc(CNCc2cc(F)ccc2[N+](=O)[O-])cn1. The van der Waals surface area contributed by atoms with E-state index in [9.17, 15) is 14.5 Å². The summed E-state index contributed by atoms with van der Waals surface area (Å²) in [6.45, 7) is 0.658. The highest BCUT2D eigenvalue weighted by Gasteiger charge is 2.13. The maximum Gasteiger partial charge on any atom is 0.274 e. The van der Waals surface area contributed by atoms with E-state index in [4.69, 9.17) is 4.74 Å². The van der Waals surface area contributed by atoms with Crippen molar-refractivity contribution in [2.75, 3.05) is 7.11 Å². The zero-order valence-corrected chi connectivity index (χ0v) is 11.4. The number of nitrogens with zero attached hydrogens (tertiary/aromatic N) is 2. The van der Waals surface area contributed by atoms with Crippen LogP contribution in [0, 0.1) is 15.9 Å². The Balaban J connectivity index is 1.99. The zero-order valence-electron chi connectivity index (χ0n) is 11.4. The maximum atomic E-state index is 13.2. The summed E-state index contributed by atoms with van der Waals surface area (Å²) in [4.78, 5) is 14.4. The van der Waals surface area contributed by atoms with Gasteiger partial charge in [0.05, 0.1) is 12.0 Å². The Labute approximate surface area is 120 Å². The van der Waals surface area contributed by atoms with Gasteiger partial charge in [-0.2, -0.15) is 0 Å². The molecule has 0 saturated heterocycles. The van der Waals surface area contributed by atoms with Gasteiger partial charge in [0.25, 0.3) is 5.69 Å². The predicted molar refractivity (Wildman–Crippen MR) is 74.4 cm³/mol. The number of nitro groups is 1. The first-order chi connectivity index (χ1) is 10.1. The summed E-state index contributed by atoms with van der Waals surface area (Å²) in [5.41, 5.74) is 1.10. The molecule has 7 heteroatoms. The second-order valence-corrected chi connectivity index (χ2v) is 4.34. The van der Waals surface area contributed by atoms with Crippen molar-refractivity contribution in [3.05, 3.63) is 63.6 Å². The third-order valence-electron chi connectivity index (χ3n) is 2.89. The molecule has 0 aliphatic rings. The minimum Gasteiger partial charge on any atom is -0.481 e. The summed E-state index contributed by atoms with van der Waals surface area (Å²) in [5.74, 6) is 0.0167. The highest BCUT2D eigenvalue weighted by atomic mass is 19.1. The van der Waals surface area contributed by atoms with Crippen LogP contribution in [-0.4, -0.2) is 17.0 Å². The van der Waals surface area contributed by atoms with Gasteiger partial charge in [0.1, 0.15) is 5.82 Å². The number of aromatic nitrogens is 1. The molecule has 21 heavy (non-hydrogen) atoms. The molecule has 110 valence electrons. The molecule has 0 bridgehead atoms. The summed E-state index contributed by atoms with van der Waals surface area (Å²) in [7, 11) is 1.53. The monoisotopic (exact) mass is 291 g/mol. The van der Waals surface area contributed by atoms with Gasteiger partial charge in [-0.05, 0) is 17.7 Å². The molecule has 2 aromatic rings. The van der Waals surface area contributed by atoms with Gasteiger partial charge in [0.15, 0.2) is 0 Å². The lowest BCUT2D eigenvalue weighted by molar-refractivity contribution is -0.385. The van der Waals surface area contributed by atoms with Crippen LogP contribution in [0.15, 0.2) is 36.5 Å². The summed E-state index contributed by atoms with van der Waals surface area (Å²) in [6.07, 6.45) is 1.64. The van der Waals surface area contributed by atoms with Crippen LogP contribution >= 0.6 is 0 Å². The topological polar surface area (TPSA) is 77.3 Å². The highest BCUT2D eigenvalue weighted by Crippen LogP contribution is 2.19. The molecular weight excluding hydrogens is 277 g/mol. The lowest BCUT2D eigenvalue weighted by Crippen LogP contribution is -2.14. The van der Waals surface area contributed by atoms with Gasteiger partial charge in [-0.3, -0.25) is 10.1 Å². The van der Waals surface area contributed by atoms with Crippen LogP contribution in [0.5, 0.6) is 5.88 Å². The zero-order chi connectivity index (χ0) is 15.2. The van der Waals surface area contributed by atoms with E-state index in [0.717, 1.165) is 17.7 Å². The van der Waals surface area contributed by atoms with Gasteiger partial charge >= 0.3 is 0 Å². The summed E-state index contributed by atoms with van der Waals surface area (Å²) in [5, 5.41) is 13.9. The molecule has 0 aliphatic heterocycles. The van der Waals surface area contributed by atoms with Crippen LogP contribution in [0.3, 0.4) is 0 Å². The number of methoxy groups -OCH3 is 1. The summed E-state index contributed by atoms with van der Waals surface area (Å²) in [6, 6.07) is 6.97. The Morgan fingerprint density at radius 1 is 1.33 bits per heavy atom. The molecule has 0 atom stereocenters. The molecule has 1 N–H and O–H groups in total. The summed E-state index contributed by atoms with van der Waals surface area (Å²) < 4.78 is 18.1. The molecule has 2 rings (SSSR count). The lowest BCUT2D eigenvalue weighted by Gasteiger charge is -2.06. The van der Waals surface area contributed by atoms with E-state index < -0.39 is 10.7 Å². The molecule has 0 spiro atoms. The van der Waals surface area contributed by atoms with Crippen LogP contribution in [0.1, 0.15) is 11.1 Å². The molecule has 0 fully saturated rings. The van der Waals surface area contributed by atoms with E-state index in [1.165, 1.54) is 13.2 Å². The fourth-order valence-corrected chi connectivity index (χ4v) is 1.85. The molecule has 0 amide bonds. The number of nitrogens with one attached hydrogen (secondary N) is 1. The Bertz CT molecular complexity index is 632. The van der Waals surface area contributed by atoms with E-state index in [0.29, 0.717) is 18.0 Å². The lowest BCUT2D eigenvalue weighted by atomic mass is 10.1. The third-order valence-corrected chi connectivity index (χ3v) is 2.89. The molecule has 1 aromatic carbocycles. The average Bonchev–Trinajstić information content (AvgIpc) is 2.48. The van der Waals surface area contributed by atoms with Crippen molar-refractivity contribution in [3.63, 3.8) is 0 Å². The molecular formula is C14H14FN3O3. The predicted octanol–water partition coefficient (Wildman–Crippen LogP) is 2.43. The van der Waals surface area contributed by atoms with Crippen molar-refractivity contribution in [2.24, 2.45) is 0 Å². The van der Waals surface area contributed by atoms with Crippen molar-refractivity contribution in [3.8, 4) is 5.88 Å². The molecule has 0 saturated carbocycles. The smallest absolute Gasteiger partial charge is 0.274 e. The van der Waals surface area contributed by atoms with E-state index in [-0.39, 0.29) is 12.2 Å². The first-order valence-electron chi connectivity index (χ1n) is 6.22. The van der Waals surface area contributed by atoms with Gasteiger partial charge in [0.2, 0.25) is 5.88 Å². The molecule has 1 aromatic heterocycles. The van der Waals surface area contributed by atoms with E-state index in [1.807, 2.05) is 6.07 Å². The molecule has 0 radical (unpaired) electrons. The van der Waals surface area contributed by atoms with E-state index in [1.54, 1.807) is 12.3 Å². The highest BCUT2D eigenvalue weighted by molar-refractivity contribution is 5.40. The minimum absolute atomic E-state index is 0.100. The minimum atomic E-state index is -0.522. The van der Waals surface area contributed by atoms with Crippen molar-refractivity contribution < 1.29 is 14.1 Å². The molecule has 1 heterocycles. The van der Waals surface area contributed by atoms with E-state index >= 15 is 0 Å². The second-order valence-electron chi connectivity index (χ2n) is 4.34. The fourth-order valence-electron chi connectivity index (χ4n) is 1.85. The number of nitro benzene ring substituents is 1. The first kappa shape index (κ1) is 14.9. The molecule has 0 unspecified atom stereocenters. The van der Waals surface area contributed by atoms with Gasteiger partial charge in [0, 0.05) is 37.0 Å². The third kappa shape index (κ3) is 3.96. The van der Waals surface area contributed by atoms with Gasteiger partial charge in [-0.1, -0.05) is 6.07 Å².